The lowest BCUT2D eigenvalue weighted by atomic mass is 10.0. The normalized spacial score (nSPS) is 12.3. The van der Waals surface area contributed by atoms with Crippen LogP contribution >= 0.6 is 11.3 Å². The van der Waals surface area contributed by atoms with Gasteiger partial charge in [-0.2, -0.15) is 0 Å². The first-order valence-corrected chi connectivity index (χ1v) is 12.0. The topological polar surface area (TPSA) is 96.1 Å². The quantitative estimate of drug-likeness (QED) is 0.320. The summed E-state index contributed by atoms with van der Waals surface area (Å²) in [6, 6.07) is 17.2. The first-order valence-electron chi connectivity index (χ1n) is 11.1. The number of nitrogens with one attached hydrogen (secondary N) is 3. The highest BCUT2D eigenvalue weighted by Gasteiger charge is 2.20. The molecule has 176 valence electrons. The second kappa shape index (κ2) is 10.1. The molecule has 1 atom stereocenters. The molecular weight excluding hydrogens is 448 g/mol. The standard InChI is InChI=1S/C26H28N4O3S/c1-26(2,3)33-25(32)29-16-13-20(17-7-5-4-6-8-17)30-24(31)22-10-9-21(34-22)18-11-14-27-23-19(18)12-15-28-23/h4-12,14-15,20H,13,16H2,1-3H3,(H,27,28)(H,29,32)(H,30,31). The van der Waals surface area contributed by atoms with Crippen molar-refractivity contribution in [3.05, 3.63) is 77.4 Å². The third-order valence-corrected chi connectivity index (χ3v) is 6.28. The molecule has 8 heteroatoms. The fourth-order valence-electron chi connectivity index (χ4n) is 3.65. The van der Waals surface area contributed by atoms with Gasteiger partial charge in [-0.05, 0) is 57.0 Å². The number of hydrogen-bond acceptors (Lipinski definition) is 5. The predicted octanol–water partition coefficient (Wildman–Crippen LogP) is 5.68. The SMILES string of the molecule is CC(C)(C)OC(=O)NCCC(NC(=O)c1ccc(-c2ccnc3[nH]ccc23)s1)c1ccccc1. The monoisotopic (exact) mass is 476 g/mol. The van der Waals surface area contributed by atoms with Crippen LogP contribution in [-0.2, 0) is 4.74 Å². The van der Waals surface area contributed by atoms with Crippen LogP contribution in [0.2, 0.25) is 0 Å². The molecule has 0 aliphatic rings. The molecule has 2 amide bonds. The van der Waals surface area contributed by atoms with Crippen molar-refractivity contribution in [3.63, 3.8) is 0 Å². The molecule has 0 radical (unpaired) electrons. The number of hydrogen-bond donors (Lipinski definition) is 3. The van der Waals surface area contributed by atoms with Gasteiger partial charge in [-0.25, -0.2) is 9.78 Å². The van der Waals surface area contributed by atoms with Gasteiger partial charge in [-0.15, -0.1) is 11.3 Å². The van der Waals surface area contributed by atoms with Gasteiger partial charge in [0.2, 0.25) is 0 Å². The maximum Gasteiger partial charge on any atom is 0.407 e. The smallest absolute Gasteiger partial charge is 0.407 e. The van der Waals surface area contributed by atoms with E-state index in [0.29, 0.717) is 17.8 Å². The van der Waals surface area contributed by atoms with Gasteiger partial charge in [0, 0.05) is 34.8 Å². The molecule has 0 aliphatic heterocycles. The highest BCUT2D eigenvalue weighted by atomic mass is 32.1. The summed E-state index contributed by atoms with van der Waals surface area (Å²) in [5.41, 5.74) is 2.27. The second-order valence-electron chi connectivity index (χ2n) is 8.92. The van der Waals surface area contributed by atoms with E-state index >= 15 is 0 Å². The van der Waals surface area contributed by atoms with Crippen molar-refractivity contribution in [2.45, 2.75) is 38.8 Å². The average Bonchev–Trinajstić information content (AvgIpc) is 3.47. The Hall–Kier alpha value is -3.65. The van der Waals surface area contributed by atoms with Crippen molar-refractivity contribution >= 4 is 34.4 Å². The minimum absolute atomic E-state index is 0.151. The minimum Gasteiger partial charge on any atom is -0.444 e. The Balaban J connectivity index is 1.46. The molecule has 34 heavy (non-hydrogen) atoms. The molecular formula is C26H28N4O3S. The lowest BCUT2D eigenvalue weighted by Crippen LogP contribution is -2.35. The Kier molecular flexibility index (Phi) is 6.98. The van der Waals surface area contributed by atoms with Crippen LogP contribution in [0.4, 0.5) is 4.79 Å². The third kappa shape index (κ3) is 5.82. The molecule has 3 N–H and O–H groups in total. The van der Waals surface area contributed by atoms with Crippen molar-refractivity contribution in [1.82, 2.24) is 20.6 Å². The number of pyridine rings is 1. The molecule has 0 spiro atoms. The summed E-state index contributed by atoms with van der Waals surface area (Å²) in [5, 5.41) is 6.92. The second-order valence-corrected chi connectivity index (χ2v) is 10.0. The highest BCUT2D eigenvalue weighted by molar-refractivity contribution is 7.17. The fourth-order valence-corrected chi connectivity index (χ4v) is 4.60. The number of aromatic amines is 1. The van der Waals surface area contributed by atoms with Crippen molar-refractivity contribution in [3.8, 4) is 10.4 Å². The van der Waals surface area contributed by atoms with Gasteiger partial charge in [-0.1, -0.05) is 30.3 Å². The van der Waals surface area contributed by atoms with E-state index in [2.05, 4.69) is 20.6 Å². The van der Waals surface area contributed by atoms with E-state index in [1.165, 1.54) is 11.3 Å². The van der Waals surface area contributed by atoms with E-state index in [0.717, 1.165) is 27.0 Å². The van der Waals surface area contributed by atoms with Crippen LogP contribution in [0.15, 0.2) is 67.0 Å². The van der Waals surface area contributed by atoms with E-state index in [1.807, 2.05) is 81.6 Å². The van der Waals surface area contributed by atoms with Crippen molar-refractivity contribution in [2.75, 3.05) is 6.54 Å². The van der Waals surface area contributed by atoms with Crippen LogP contribution in [0.5, 0.6) is 0 Å². The van der Waals surface area contributed by atoms with Crippen LogP contribution < -0.4 is 10.6 Å². The Morgan fingerprint density at radius 3 is 2.65 bits per heavy atom. The van der Waals surface area contributed by atoms with Gasteiger partial charge in [0.1, 0.15) is 11.2 Å². The number of fused-ring (bicyclic) bond motifs is 1. The number of aromatic nitrogens is 2. The molecule has 0 saturated heterocycles. The number of amides is 2. The molecule has 7 nitrogen and oxygen atoms in total. The maximum absolute atomic E-state index is 13.1. The number of carbonyl (C=O) groups excluding carboxylic acids is 2. The van der Waals surface area contributed by atoms with Gasteiger partial charge in [0.05, 0.1) is 10.9 Å². The van der Waals surface area contributed by atoms with Gasteiger partial charge >= 0.3 is 6.09 Å². The van der Waals surface area contributed by atoms with Crippen LogP contribution in [-0.4, -0.2) is 34.1 Å². The molecule has 0 saturated carbocycles. The van der Waals surface area contributed by atoms with Crippen LogP contribution in [0.3, 0.4) is 0 Å². The number of H-pyrrole nitrogens is 1. The third-order valence-electron chi connectivity index (χ3n) is 5.16. The molecule has 4 rings (SSSR count). The molecule has 3 aromatic heterocycles. The van der Waals surface area contributed by atoms with Gasteiger partial charge < -0.3 is 20.4 Å². The summed E-state index contributed by atoms with van der Waals surface area (Å²) in [6.45, 7) is 5.83. The number of thiophene rings is 1. The summed E-state index contributed by atoms with van der Waals surface area (Å²) < 4.78 is 5.30. The molecule has 0 bridgehead atoms. The van der Waals surface area contributed by atoms with Gasteiger partial charge in [0.25, 0.3) is 5.91 Å². The summed E-state index contributed by atoms with van der Waals surface area (Å²) in [6.07, 6.45) is 3.68. The highest BCUT2D eigenvalue weighted by Crippen LogP contribution is 2.33. The van der Waals surface area contributed by atoms with E-state index < -0.39 is 11.7 Å². The summed E-state index contributed by atoms with van der Waals surface area (Å²) in [5.74, 6) is -0.151. The fraction of sp³-hybridized carbons (Fsp3) is 0.269. The number of alkyl carbamates (subject to hydrolysis) is 1. The van der Waals surface area contributed by atoms with E-state index in [9.17, 15) is 9.59 Å². The Bertz CT molecular complexity index is 1270. The predicted molar refractivity (Wildman–Crippen MR) is 135 cm³/mol. The summed E-state index contributed by atoms with van der Waals surface area (Å²) in [4.78, 5) is 34.2. The van der Waals surface area contributed by atoms with Crippen LogP contribution in [0.1, 0.15) is 48.5 Å². The number of carbonyl (C=O) groups is 2. The zero-order chi connectivity index (χ0) is 24.1. The van der Waals surface area contributed by atoms with Crippen molar-refractivity contribution in [1.29, 1.82) is 0 Å². The Labute approximate surface area is 202 Å². The zero-order valence-electron chi connectivity index (χ0n) is 19.4. The van der Waals surface area contributed by atoms with Gasteiger partial charge in [0.15, 0.2) is 0 Å². The molecule has 1 aromatic carbocycles. The summed E-state index contributed by atoms with van der Waals surface area (Å²) >= 11 is 1.44. The van der Waals surface area contributed by atoms with Crippen LogP contribution in [0.25, 0.3) is 21.5 Å². The van der Waals surface area contributed by atoms with Gasteiger partial charge in [-0.3, -0.25) is 4.79 Å². The molecule has 4 aromatic rings. The summed E-state index contributed by atoms with van der Waals surface area (Å²) in [7, 11) is 0. The van der Waals surface area contributed by atoms with E-state index in [4.69, 9.17) is 4.74 Å². The Morgan fingerprint density at radius 1 is 1.09 bits per heavy atom. The first-order chi connectivity index (χ1) is 16.3. The number of nitrogens with zero attached hydrogens (tertiary/aromatic N) is 1. The van der Waals surface area contributed by atoms with Crippen molar-refractivity contribution in [2.24, 2.45) is 0 Å². The lowest BCUT2D eigenvalue weighted by Gasteiger charge is -2.22. The molecule has 0 aliphatic carbocycles. The molecule has 0 fully saturated rings. The largest absolute Gasteiger partial charge is 0.444 e. The minimum atomic E-state index is -0.561. The number of rotatable bonds is 7. The molecule has 1 unspecified atom stereocenters. The maximum atomic E-state index is 13.1. The lowest BCUT2D eigenvalue weighted by molar-refractivity contribution is 0.0526. The van der Waals surface area contributed by atoms with E-state index in [-0.39, 0.29) is 11.9 Å². The number of ether oxygens (including phenoxy) is 1. The zero-order valence-corrected chi connectivity index (χ0v) is 20.2. The average molecular weight is 477 g/mol. The van der Waals surface area contributed by atoms with E-state index in [1.54, 1.807) is 6.20 Å². The Morgan fingerprint density at radius 2 is 1.88 bits per heavy atom. The molecule has 3 heterocycles. The van der Waals surface area contributed by atoms with Crippen LogP contribution in [0, 0.1) is 0 Å². The van der Waals surface area contributed by atoms with Crippen molar-refractivity contribution < 1.29 is 14.3 Å². The number of benzene rings is 1. The first kappa shape index (κ1) is 23.5.